The summed E-state index contributed by atoms with van der Waals surface area (Å²) >= 11 is 0. The van der Waals surface area contributed by atoms with E-state index < -0.39 is 0 Å². The van der Waals surface area contributed by atoms with Gasteiger partial charge in [-0.3, -0.25) is 4.79 Å². The lowest BCUT2D eigenvalue weighted by Gasteiger charge is -2.15. The molecule has 1 saturated carbocycles. The SMILES string of the molecule is CC1CCCC(NCCC(N)=O)CC1. The van der Waals surface area contributed by atoms with Gasteiger partial charge in [0, 0.05) is 19.0 Å². The maximum absolute atomic E-state index is 10.5. The Morgan fingerprint density at radius 2 is 2.14 bits per heavy atom. The van der Waals surface area contributed by atoms with Gasteiger partial charge in [-0.2, -0.15) is 0 Å². The molecule has 0 heterocycles. The van der Waals surface area contributed by atoms with Crippen LogP contribution in [0.25, 0.3) is 0 Å². The van der Waals surface area contributed by atoms with Gasteiger partial charge >= 0.3 is 0 Å². The summed E-state index contributed by atoms with van der Waals surface area (Å²) in [7, 11) is 0. The van der Waals surface area contributed by atoms with Crippen molar-refractivity contribution in [1.82, 2.24) is 5.32 Å². The van der Waals surface area contributed by atoms with Crippen LogP contribution in [0.5, 0.6) is 0 Å². The van der Waals surface area contributed by atoms with Crippen LogP contribution in [0.2, 0.25) is 0 Å². The monoisotopic (exact) mass is 198 g/mol. The van der Waals surface area contributed by atoms with Crippen molar-refractivity contribution in [2.75, 3.05) is 6.54 Å². The van der Waals surface area contributed by atoms with Crippen molar-refractivity contribution in [2.24, 2.45) is 11.7 Å². The average molecular weight is 198 g/mol. The van der Waals surface area contributed by atoms with Crippen LogP contribution in [0.4, 0.5) is 0 Å². The number of rotatable bonds is 4. The zero-order valence-corrected chi connectivity index (χ0v) is 9.09. The van der Waals surface area contributed by atoms with Crippen LogP contribution in [0.15, 0.2) is 0 Å². The lowest BCUT2D eigenvalue weighted by Crippen LogP contribution is -2.31. The second-order valence-corrected chi connectivity index (χ2v) is 4.48. The van der Waals surface area contributed by atoms with Gasteiger partial charge in [0.05, 0.1) is 0 Å². The summed E-state index contributed by atoms with van der Waals surface area (Å²) < 4.78 is 0. The molecule has 0 aliphatic heterocycles. The topological polar surface area (TPSA) is 55.1 Å². The summed E-state index contributed by atoms with van der Waals surface area (Å²) in [6.07, 6.45) is 6.95. The van der Waals surface area contributed by atoms with Gasteiger partial charge in [0.2, 0.25) is 5.91 Å². The van der Waals surface area contributed by atoms with Crippen molar-refractivity contribution in [1.29, 1.82) is 0 Å². The summed E-state index contributed by atoms with van der Waals surface area (Å²) in [6.45, 7) is 3.07. The van der Waals surface area contributed by atoms with E-state index in [0.717, 1.165) is 12.5 Å². The Hall–Kier alpha value is -0.570. The summed E-state index contributed by atoms with van der Waals surface area (Å²) in [5.74, 6) is 0.664. The van der Waals surface area contributed by atoms with Crippen molar-refractivity contribution in [3.05, 3.63) is 0 Å². The molecule has 0 saturated heterocycles. The van der Waals surface area contributed by atoms with E-state index >= 15 is 0 Å². The minimum absolute atomic E-state index is 0.209. The number of nitrogens with one attached hydrogen (secondary N) is 1. The van der Waals surface area contributed by atoms with Crippen molar-refractivity contribution >= 4 is 5.91 Å². The molecule has 1 fully saturated rings. The Balaban J connectivity index is 2.14. The van der Waals surface area contributed by atoms with Gasteiger partial charge < -0.3 is 11.1 Å². The lowest BCUT2D eigenvalue weighted by atomic mass is 10.0. The molecule has 14 heavy (non-hydrogen) atoms. The van der Waals surface area contributed by atoms with Gasteiger partial charge in [-0.15, -0.1) is 0 Å². The molecule has 2 unspecified atom stereocenters. The van der Waals surface area contributed by atoms with E-state index in [1.165, 1.54) is 32.1 Å². The van der Waals surface area contributed by atoms with Crippen molar-refractivity contribution in [3.63, 3.8) is 0 Å². The van der Waals surface area contributed by atoms with Crippen LogP contribution in [-0.2, 0) is 4.79 Å². The molecule has 0 bridgehead atoms. The largest absolute Gasteiger partial charge is 0.370 e. The zero-order valence-electron chi connectivity index (χ0n) is 9.09. The normalized spacial score (nSPS) is 28.4. The molecule has 0 spiro atoms. The molecular weight excluding hydrogens is 176 g/mol. The molecule has 1 rings (SSSR count). The number of amides is 1. The highest BCUT2D eigenvalue weighted by Crippen LogP contribution is 2.22. The second kappa shape index (κ2) is 6.02. The van der Waals surface area contributed by atoms with Crippen LogP contribution in [0.3, 0.4) is 0 Å². The third-order valence-electron chi connectivity index (χ3n) is 3.06. The molecule has 2 atom stereocenters. The molecule has 0 aromatic rings. The molecular formula is C11H22N2O. The van der Waals surface area contributed by atoms with Crippen molar-refractivity contribution in [3.8, 4) is 0 Å². The Morgan fingerprint density at radius 1 is 1.36 bits per heavy atom. The lowest BCUT2D eigenvalue weighted by molar-refractivity contribution is -0.117. The van der Waals surface area contributed by atoms with E-state index in [0.29, 0.717) is 12.5 Å². The van der Waals surface area contributed by atoms with Gasteiger partial charge in [0.25, 0.3) is 0 Å². The molecule has 1 amide bonds. The fraction of sp³-hybridized carbons (Fsp3) is 0.909. The third-order valence-corrected chi connectivity index (χ3v) is 3.06. The first kappa shape index (κ1) is 11.5. The van der Waals surface area contributed by atoms with Gasteiger partial charge in [-0.25, -0.2) is 0 Å². The fourth-order valence-corrected chi connectivity index (χ4v) is 2.09. The van der Waals surface area contributed by atoms with E-state index in [1.54, 1.807) is 0 Å². The third kappa shape index (κ3) is 4.61. The summed E-state index contributed by atoms with van der Waals surface area (Å²) in [6, 6.07) is 0.610. The van der Waals surface area contributed by atoms with Gasteiger partial charge in [-0.1, -0.05) is 19.8 Å². The maximum Gasteiger partial charge on any atom is 0.218 e. The first-order valence-corrected chi connectivity index (χ1v) is 5.70. The number of carbonyl (C=O) groups excluding carboxylic acids is 1. The Labute approximate surface area is 86.4 Å². The van der Waals surface area contributed by atoms with Gasteiger partial charge in [-0.05, 0) is 25.2 Å². The Bertz CT molecular complexity index is 182. The Morgan fingerprint density at radius 3 is 2.86 bits per heavy atom. The maximum atomic E-state index is 10.5. The van der Waals surface area contributed by atoms with E-state index in [2.05, 4.69) is 12.2 Å². The van der Waals surface area contributed by atoms with E-state index in [1.807, 2.05) is 0 Å². The second-order valence-electron chi connectivity index (χ2n) is 4.48. The minimum atomic E-state index is -0.209. The highest BCUT2D eigenvalue weighted by molar-refractivity contribution is 5.73. The van der Waals surface area contributed by atoms with Crippen molar-refractivity contribution in [2.45, 2.75) is 51.5 Å². The average Bonchev–Trinajstić information content (AvgIpc) is 2.30. The predicted molar refractivity (Wildman–Crippen MR) is 57.9 cm³/mol. The minimum Gasteiger partial charge on any atom is -0.370 e. The number of carbonyl (C=O) groups is 1. The quantitative estimate of drug-likeness (QED) is 0.671. The fourth-order valence-electron chi connectivity index (χ4n) is 2.09. The standard InChI is InChI=1S/C11H22N2O/c1-9-3-2-4-10(6-5-9)13-8-7-11(12)14/h9-10,13H,2-8H2,1H3,(H2,12,14). The molecule has 82 valence electrons. The van der Waals surface area contributed by atoms with Gasteiger partial charge in [0.15, 0.2) is 0 Å². The molecule has 1 aliphatic rings. The number of hydrogen-bond acceptors (Lipinski definition) is 2. The summed E-state index contributed by atoms with van der Waals surface area (Å²) in [5.41, 5.74) is 5.08. The smallest absolute Gasteiger partial charge is 0.218 e. The van der Waals surface area contributed by atoms with Crippen LogP contribution in [-0.4, -0.2) is 18.5 Å². The summed E-state index contributed by atoms with van der Waals surface area (Å²) in [4.78, 5) is 10.5. The molecule has 1 aliphatic carbocycles. The predicted octanol–water partition coefficient (Wildman–Crippen LogP) is 1.42. The Kier molecular flexibility index (Phi) is 4.94. The number of hydrogen-bond donors (Lipinski definition) is 2. The highest BCUT2D eigenvalue weighted by atomic mass is 16.1. The zero-order chi connectivity index (χ0) is 10.4. The number of primary amides is 1. The van der Waals surface area contributed by atoms with Gasteiger partial charge in [0.1, 0.15) is 0 Å². The van der Waals surface area contributed by atoms with E-state index in [4.69, 9.17) is 5.73 Å². The van der Waals surface area contributed by atoms with Crippen LogP contribution in [0, 0.1) is 5.92 Å². The highest BCUT2D eigenvalue weighted by Gasteiger charge is 2.15. The summed E-state index contributed by atoms with van der Waals surface area (Å²) in [5, 5.41) is 3.41. The molecule has 0 aromatic heterocycles. The van der Waals surface area contributed by atoms with Crippen molar-refractivity contribution < 1.29 is 4.79 Å². The van der Waals surface area contributed by atoms with E-state index in [9.17, 15) is 4.79 Å². The number of nitrogens with two attached hydrogens (primary N) is 1. The molecule has 3 nitrogen and oxygen atoms in total. The van der Waals surface area contributed by atoms with Crippen LogP contribution >= 0.6 is 0 Å². The molecule has 0 aromatic carbocycles. The van der Waals surface area contributed by atoms with Crippen LogP contribution < -0.4 is 11.1 Å². The van der Waals surface area contributed by atoms with Crippen LogP contribution in [0.1, 0.15) is 45.4 Å². The molecule has 0 radical (unpaired) electrons. The van der Waals surface area contributed by atoms with E-state index in [-0.39, 0.29) is 5.91 Å². The first-order chi connectivity index (χ1) is 6.68. The molecule has 3 N–H and O–H groups in total. The first-order valence-electron chi connectivity index (χ1n) is 5.70. The molecule has 3 heteroatoms.